The second-order valence-electron chi connectivity index (χ2n) is 5.36. The highest BCUT2D eigenvalue weighted by Crippen LogP contribution is 2.28. The SMILES string of the molecule is CCCCC(C#N)CC(C#N)CC(C#N)c1ccccc1. The van der Waals surface area contributed by atoms with E-state index in [0.29, 0.717) is 12.8 Å². The highest BCUT2D eigenvalue weighted by Gasteiger charge is 2.21. The third-order valence-corrected chi connectivity index (χ3v) is 3.72. The van der Waals surface area contributed by atoms with Gasteiger partial charge in [-0.1, -0.05) is 50.1 Å². The van der Waals surface area contributed by atoms with Crippen LogP contribution in [-0.2, 0) is 0 Å². The van der Waals surface area contributed by atoms with Gasteiger partial charge in [0.05, 0.1) is 24.1 Å². The molecule has 0 fully saturated rings. The molecule has 3 atom stereocenters. The Kier molecular flexibility index (Phi) is 7.63. The number of hydrogen-bond acceptors (Lipinski definition) is 3. The van der Waals surface area contributed by atoms with Crippen molar-refractivity contribution in [3.8, 4) is 18.2 Å². The lowest BCUT2D eigenvalue weighted by Crippen LogP contribution is -2.10. The zero-order valence-electron chi connectivity index (χ0n) is 12.5. The van der Waals surface area contributed by atoms with Gasteiger partial charge in [0.25, 0.3) is 0 Å². The predicted octanol–water partition coefficient (Wildman–Crippen LogP) is 4.54. The van der Waals surface area contributed by atoms with Crippen LogP contribution in [0.4, 0.5) is 0 Å². The van der Waals surface area contributed by atoms with E-state index in [2.05, 4.69) is 25.1 Å². The molecule has 3 unspecified atom stereocenters. The van der Waals surface area contributed by atoms with E-state index in [0.717, 1.165) is 24.8 Å². The van der Waals surface area contributed by atoms with E-state index in [-0.39, 0.29) is 17.8 Å². The Bertz CT molecular complexity index is 530. The minimum Gasteiger partial charge on any atom is -0.198 e. The second-order valence-corrected chi connectivity index (χ2v) is 5.36. The molecule has 0 spiro atoms. The molecule has 0 aliphatic rings. The van der Waals surface area contributed by atoms with E-state index in [1.54, 1.807) is 0 Å². The van der Waals surface area contributed by atoms with Gasteiger partial charge in [0.2, 0.25) is 0 Å². The van der Waals surface area contributed by atoms with Crippen LogP contribution in [0.3, 0.4) is 0 Å². The molecule has 1 rings (SSSR count). The van der Waals surface area contributed by atoms with Gasteiger partial charge in [-0.15, -0.1) is 0 Å². The molecule has 108 valence electrons. The first-order valence-corrected chi connectivity index (χ1v) is 7.48. The molecule has 0 aliphatic heterocycles. The summed E-state index contributed by atoms with van der Waals surface area (Å²) in [6.45, 7) is 2.09. The molecule has 0 radical (unpaired) electrons. The number of rotatable bonds is 8. The summed E-state index contributed by atoms with van der Waals surface area (Å²) < 4.78 is 0. The summed E-state index contributed by atoms with van der Waals surface area (Å²) in [4.78, 5) is 0. The van der Waals surface area contributed by atoms with Gasteiger partial charge in [-0.3, -0.25) is 0 Å². The average Bonchev–Trinajstić information content (AvgIpc) is 2.55. The summed E-state index contributed by atoms with van der Waals surface area (Å²) in [5, 5.41) is 27.8. The van der Waals surface area contributed by atoms with Gasteiger partial charge in [0, 0.05) is 11.8 Å². The molecule has 0 saturated heterocycles. The maximum absolute atomic E-state index is 9.33. The summed E-state index contributed by atoms with van der Waals surface area (Å²) in [7, 11) is 0. The average molecular weight is 279 g/mol. The fourth-order valence-electron chi connectivity index (χ4n) is 2.46. The minimum absolute atomic E-state index is 0.0790. The van der Waals surface area contributed by atoms with Crippen LogP contribution in [0.1, 0.15) is 50.5 Å². The zero-order chi connectivity index (χ0) is 15.5. The number of benzene rings is 1. The fourth-order valence-corrected chi connectivity index (χ4v) is 2.46. The van der Waals surface area contributed by atoms with Crippen LogP contribution in [0.5, 0.6) is 0 Å². The van der Waals surface area contributed by atoms with Crippen molar-refractivity contribution in [3.63, 3.8) is 0 Å². The molecular formula is C18H21N3. The van der Waals surface area contributed by atoms with Crippen LogP contribution in [0, 0.1) is 45.8 Å². The van der Waals surface area contributed by atoms with Gasteiger partial charge in [0.15, 0.2) is 0 Å². The molecule has 3 nitrogen and oxygen atoms in total. The predicted molar refractivity (Wildman–Crippen MR) is 81.8 cm³/mol. The van der Waals surface area contributed by atoms with E-state index in [1.165, 1.54) is 0 Å². The lowest BCUT2D eigenvalue weighted by atomic mass is 9.84. The summed E-state index contributed by atoms with van der Waals surface area (Å²) in [6, 6.07) is 16.4. The first kappa shape index (κ1) is 16.7. The smallest absolute Gasteiger partial charge is 0.0725 e. The Labute approximate surface area is 127 Å². The first-order chi connectivity index (χ1) is 10.2. The van der Waals surface area contributed by atoms with Crippen molar-refractivity contribution in [1.82, 2.24) is 0 Å². The van der Waals surface area contributed by atoms with Crippen molar-refractivity contribution in [2.45, 2.75) is 44.9 Å². The third kappa shape index (κ3) is 5.68. The van der Waals surface area contributed by atoms with Gasteiger partial charge in [-0.25, -0.2) is 0 Å². The first-order valence-electron chi connectivity index (χ1n) is 7.48. The maximum atomic E-state index is 9.33. The van der Waals surface area contributed by atoms with Crippen molar-refractivity contribution >= 4 is 0 Å². The van der Waals surface area contributed by atoms with E-state index in [1.807, 2.05) is 30.3 Å². The summed E-state index contributed by atoms with van der Waals surface area (Å²) >= 11 is 0. The molecule has 0 amide bonds. The van der Waals surface area contributed by atoms with Crippen LogP contribution in [-0.4, -0.2) is 0 Å². The Morgan fingerprint density at radius 2 is 1.57 bits per heavy atom. The number of hydrogen-bond donors (Lipinski definition) is 0. The van der Waals surface area contributed by atoms with Crippen LogP contribution in [0.25, 0.3) is 0 Å². The molecule has 1 aromatic rings. The molecule has 1 aromatic carbocycles. The van der Waals surface area contributed by atoms with E-state index in [4.69, 9.17) is 0 Å². The van der Waals surface area contributed by atoms with E-state index in [9.17, 15) is 15.8 Å². The van der Waals surface area contributed by atoms with Crippen LogP contribution < -0.4 is 0 Å². The molecule has 3 heteroatoms. The Hall–Kier alpha value is -2.31. The molecule has 0 N–H and O–H groups in total. The standard InChI is InChI=1S/C18H21N3/c1-2-3-7-15(12-19)10-16(13-20)11-18(14-21)17-8-5-4-6-9-17/h4-6,8-9,15-16,18H,2-3,7,10-11H2,1H3. The Morgan fingerprint density at radius 1 is 0.905 bits per heavy atom. The molecule has 0 saturated carbocycles. The fraction of sp³-hybridized carbons (Fsp3) is 0.500. The molecule has 0 aliphatic carbocycles. The van der Waals surface area contributed by atoms with Gasteiger partial charge in [-0.05, 0) is 24.8 Å². The summed E-state index contributed by atoms with van der Waals surface area (Å²) in [6.07, 6.45) is 3.98. The van der Waals surface area contributed by atoms with Crippen LogP contribution >= 0.6 is 0 Å². The van der Waals surface area contributed by atoms with Crippen molar-refractivity contribution in [2.75, 3.05) is 0 Å². The monoisotopic (exact) mass is 279 g/mol. The highest BCUT2D eigenvalue weighted by molar-refractivity contribution is 5.25. The number of nitriles is 3. The largest absolute Gasteiger partial charge is 0.198 e. The summed E-state index contributed by atoms with van der Waals surface area (Å²) in [5.74, 6) is -0.595. The third-order valence-electron chi connectivity index (χ3n) is 3.72. The topological polar surface area (TPSA) is 71.4 Å². The minimum atomic E-state index is -0.277. The quantitative estimate of drug-likeness (QED) is 0.701. The lowest BCUT2D eigenvalue weighted by Gasteiger charge is -2.16. The van der Waals surface area contributed by atoms with Gasteiger partial charge >= 0.3 is 0 Å². The molecule has 0 aromatic heterocycles. The van der Waals surface area contributed by atoms with Crippen molar-refractivity contribution in [1.29, 1.82) is 15.8 Å². The van der Waals surface area contributed by atoms with Gasteiger partial charge in [0.1, 0.15) is 0 Å². The Balaban J connectivity index is 2.67. The number of unbranched alkanes of at least 4 members (excludes halogenated alkanes) is 1. The molecule has 0 heterocycles. The lowest BCUT2D eigenvalue weighted by molar-refractivity contribution is 0.432. The Morgan fingerprint density at radius 3 is 2.10 bits per heavy atom. The number of nitrogens with zero attached hydrogens (tertiary/aromatic N) is 3. The second kappa shape index (κ2) is 9.57. The van der Waals surface area contributed by atoms with Crippen LogP contribution in [0.15, 0.2) is 30.3 Å². The van der Waals surface area contributed by atoms with Crippen molar-refractivity contribution in [3.05, 3.63) is 35.9 Å². The molecule has 21 heavy (non-hydrogen) atoms. The van der Waals surface area contributed by atoms with Gasteiger partial charge in [-0.2, -0.15) is 15.8 Å². The zero-order valence-corrected chi connectivity index (χ0v) is 12.5. The highest BCUT2D eigenvalue weighted by atomic mass is 14.3. The maximum Gasteiger partial charge on any atom is 0.0725 e. The van der Waals surface area contributed by atoms with Crippen molar-refractivity contribution in [2.24, 2.45) is 11.8 Å². The molecular weight excluding hydrogens is 258 g/mol. The molecule has 0 bridgehead atoms. The van der Waals surface area contributed by atoms with Crippen molar-refractivity contribution < 1.29 is 0 Å². The van der Waals surface area contributed by atoms with Gasteiger partial charge < -0.3 is 0 Å². The van der Waals surface area contributed by atoms with E-state index < -0.39 is 0 Å². The summed E-state index contributed by atoms with van der Waals surface area (Å²) in [5.41, 5.74) is 0.947. The van der Waals surface area contributed by atoms with Crippen LogP contribution in [0.2, 0.25) is 0 Å². The van der Waals surface area contributed by atoms with E-state index >= 15 is 0 Å². The normalized spacial score (nSPS) is 14.2.